The number of rotatable bonds is 8. The van der Waals surface area contributed by atoms with Gasteiger partial charge in [-0.1, -0.05) is 32.0 Å². The van der Waals surface area contributed by atoms with Gasteiger partial charge in [0.25, 0.3) is 0 Å². The molecule has 0 radical (unpaired) electrons. The van der Waals surface area contributed by atoms with Crippen molar-refractivity contribution in [2.75, 3.05) is 19.7 Å². The van der Waals surface area contributed by atoms with E-state index in [1.807, 2.05) is 0 Å². The van der Waals surface area contributed by atoms with Crippen molar-refractivity contribution in [2.45, 2.75) is 18.7 Å². The monoisotopic (exact) mass is 393 g/mol. The molecule has 0 aliphatic rings. The van der Waals surface area contributed by atoms with Gasteiger partial charge in [-0.2, -0.15) is 4.31 Å². The van der Waals surface area contributed by atoms with Crippen LogP contribution in [-0.2, 0) is 14.8 Å². The van der Waals surface area contributed by atoms with Gasteiger partial charge in [0.15, 0.2) is 6.61 Å². The summed E-state index contributed by atoms with van der Waals surface area (Å²) < 4.78 is 44.8. The minimum absolute atomic E-state index is 0.00966. The van der Waals surface area contributed by atoms with Crippen LogP contribution in [0.1, 0.15) is 34.6 Å². The number of carbonyl (C=O) groups excluding carboxylic acids is 2. The van der Waals surface area contributed by atoms with Crippen LogP contribution in [0, 0.1) is 5.82 Å². The number of hydrogen-bond donors (Lipinski definition) is 0. The number of ketones is 1. The van der Waals surface area contributed by atoms with Crippen molar-refractivity contribution in [1.82, 2.24) is 4.31 Å². The van der Waals surface area contributed by atoms with Crippen LogP contribution in [0.3, 0.4) is 0 Å². The van der Waals surface area contributed by atoms with Gasteiger partial charge in [-0.15, -0.1) is 0 Å². The zero-order valence-electron chi connectivity index (χ0n) is 15.0. The van der Waals surface area contributed by atoms with E-state index in [9.17, 15) is 22.4 Å². The second kappa shape index (κ2) is 8.88. The summed E-state index contributed by atoms with van der Waals surface area (Å²) in [4.78, 5) is 24.1. The van der Waals surface area contributed by atoms with Gasteiger partial charge < -0.3 is 4.74 Å². The number of Topliss-reactive ketones (excluding diaryl/α,β-unsaturated/α-hetero) is 1. The van der Waals surface area contributed by atoms with Crippen molar-refractivity contribution >= 4 is 21.8 Å². The Labute approximate surface area is 157 Å². The molecule has 0 fully saturated rings. The normalized spacial score (nSPS) is 11.4. The second-order valence-corrected chi connectivity index (χ2v) is 7.53. The van der Waals surface area contributed by atoms with E-state index in [1.165, 1.54) is 46.8 Å². The predicted octanol–water partition coefficient (Wildman–Crippen LogP) is 2.90. The summed E-state index contributed by atoms with van der Waals surface area (Å²) in [7, 11) is -3.73. The lowest BCUT2D eigenvalue weighted by molar-refractivity contribution is 0.0473. The molecule has 0 heterocycles. The number of sulfonamides is 1. The third kappa shape index (κ3) is 4.78. The fourth-order valence-corrected chi connectivity index (χ4v) is 3.98. The Morgan fingerprint density at radius 1 is 1.04 bits per heavy atom. The first-order chi connectivity index (χ1) is 12.8. The molecule has 0 saturated carbocycles. The highest BCUT2D eigenvalue weighted by Crippen LogP contribution is 2.17. The van der Waals surface area contributed by atoms with Crippen LogP contribution in [0.5, 0.6) is 0 Å². The van der Waals surface area contributed by atoms with E-state index in [4.69, 9.17) is 4.74 Å². The van der Waals surface area contributed by atoms with E-state index in [0.29, 0.717) is 13.1 Å². The Kier molecular flexibility index (Phi) is 6.81. The quantitative estimate of drug-likeness (QED) is 0.509. The first-order valence-electron chi connectivity index (χ1n) is 8.36. The molecule has 0 aliphatic heterocycles. The van der Waals surface area contributed by atoms with Crippen LogP contribution < -0.4 is 0 Å². The topological polar surface area (TPSA) is 80.8 Å². The smallest absolute Gasteiger partial charge is 0.338 e. The van der Waals surface area contributed by atoms with Crippen molar-refractivity contribution in [1.29, 1.82) is 0 Å². The third-order valence-electron chi connectivity index (χ3n) is 3.92. The molecule has 144 valence electrons. The number of nitrogens with zero attached hydrogens (tertiary/aromatic N) is 1. The molecule has 6 nitrogen and oxygen atoms in total. The molecule has 0 amide bonds. The Hall–Kier alpha value is -2.58. The molecule has 2 aromatic rings. The van der Waals surface area contributed by atoms with Gasteiger partial charge in [0.05, 0.1) is 16.0 Å². The highest BCUT2D eigenvalue weighted by atomic mass is 32.2. The fraction of sp³-hybridized carbons (Fsp3) is 0.263. The van der Waals surface area contributed by atoms with Gasteiger partial charge in [-0.05, 0) is 30.3 Å². The zero-order chi connectivity index (χ0) is 20.0. The Morgan fingerprint density at radius 2 is 1.70 bits per heavy atom. The predicted molar refractivity (Wildman–Crippen MR) is 97.6 cm³/mol. The molecular weight excluding hydrogens is 373 g/mol. The third-order valence-corrected chi connectivity index (χ3v) is 5.97. The lowest BCUT2D eigenvalue weighted by Gasteiger charge is -2.18. The van der Waals surface area contributed by atoms with E-state index >= 15 is 0 Å². The van der Waals surface area contributed by atoms with Gasteiger partial charge in [0, 0.05) is 13.1 Å². The van der Waals surface area contributed by atoms with Crippen molar-refractivity contribution in [3.63, 3.8) is 0 Å². The number of hydrogen-bond acceptors (Lipinski definition) is 5. The summed E-state index contributed by atoms with van der Waals surface area (Å²) in [5, 5.41) is 0. The molecule has 2 aromatic carbocycles. The fourth-order valence-electron chi connectivity index (χ4n) is 2.48. The molecule has 0 unspecified atom stereocenters. The Morgan fingerprint density at radius 3 is 2.33 bits per heavy atom. The number of esters is 1. The highest BCUT2D eigenvalue weighted by Gasteiger charge is 2.23. The lowest BCUT2D eigenvalue weighted by atomic mass is 10.1. The lowest BCUT2D eigenvalue weighted by Crippen LogP contribution is -2.30. The summed E-state index contributed by atoms with van der Waals surface area (Å²) >= 11 is 0. The molecule has 2 rings (SSSR count). The zero-order valence-corrected chi connectivity index (χ0v) is 15.8. The summed E-state index contributed by atoms with van der Waals surface area (Å²) in [6.07, 6.45) is 0. The van der Waals surface area contributed by atoms with Gasteiger partial charge in [-0.3, -0.25) is 4.79 Å². The highest BCUT2D eigenvalue weighted by molar-refractivity contribution is 7.89. The van der Waals surface area contributed by atoms with Crippen LogP contribution in [-0.4, -0.2) is 44.2 Å². The van der Waals surface area contributed by atoms with Crippen LogP contribution >= 0.6 is 0 Å². The van der Waals surface area contributed by atoms with Gasteiger partial charge >= 0.3 is 5.97 Å². The average Bonchev–Trinajstić information content (AvgIpc) is 2.67. The van der Waals surface area contributed by atoms with Crippen molar-refractivity contribution < 1.29 is 27.1 Å². The van der Waals surface area contributed by atoms with Crippen molar-refractivity contribution in [3.05, 3.63) is 65.5 Å². The number of carbonyl (C=O) groups is 2. The average molecular weight is 393 g/mol. The maximum Gasteiger partial charge on any atom is 0.338 e. The Bertz CT molecular complexity index is 939. The van der Waals surface area contributed by atoms with E-state index in [-0.39, 0.29) is 16.0 Å². The molecule has 0 atom stereocenters. The van der Waals surface area contributed by atoms with E-state index in [2.05, 4.69) is 0 Å². The van der Waals surface area contributed by atoms with Gasteiger partial charge in [0.2, 0.25) is 15.8 Å². The van der Waals surface area contributed by atoms with Crippen LogP contribution in [0.2, 0.25) is 0 Å². The summed E-state index contributed by atoms with van der Waals surface area (Å²) in [5.74, 6) is -2.25. The maximum absolute atomic E-state index is 13.6. The molecule has 8 heteroatoms. The number of ether oxygens (including phenoxy) is 1. The molecule has 0 bridgehead atoms. The van der Waals surface area contributed by atoms with Crippen molar-refractivity contribution in [2.24, 2.45) is 0 Å². The van der Waals surface area contributed by atoms with Gasteiger partial charge in [0.1, 0.15) is 5.82 Å². The maximum atomic E-state index is 13.6. The molecule has 27 heavy (non-hydrogen) atoms. The first-order valence-corrected chi connectivity index (χ1v) is 9.80. The van der Waals surface area contributed by atoms with Crippen LogP contribution in [0.25, 0.3) is 0 Å². The molecule has 0 aliphatic carbocycles. The first kappa shape index (κ1) is 20.7. The number of benzene rings is 2. The standard InChI is InChI=1S/C19H20FNO5S/c1-3-21(4-2)27(24,25)15-9-7-8-14(12-15)19(23)26-13-18(22)16-10-5-6-11-17(16)20/h5-12H,3-4,13H2,1-2H3. The summed E-state index contributed by atoms with van der Waals surface area (Å²) in [6.45, 7) is 3.38. The molecule has 0 spiro atoms. The SMILES string of the molecule is CCN(CC)S(=O)(=O)c1cccc(C(=O)OCC(=O)c2ccccc2F)c1. The largest absolute Gasteiger partial charge is 0.454 e. The van der Waals surface area contributed by atoms with Gasteiger partial charge in [-0.25, -0.2) is 17.6 Å². The van der Waals surface area contributed by atoms with Crippen LogP contribution in [0.4, 0.5) is 4.39 Å². The van der Waals surface area contributed by atoms with E-state index in [1.54, 1.807) is 13.8 Å². The number of halogens is 1. The molecule has 0 aromatic heterocycles. The van der Waals surface area contributed by atoms with Crippen LogP contribution in [0.15, 0.2) is 53.4 Å². The second-order valence-electron chi connectivity index (χ2n) is 5.60. The summed E-state index contributed by atoms with van der Waals surface area (Å²) in [6, 6.07) is 10.8. The molecule has 0 saturated heterocycles. The molecular formula is C19H20FNO5S. The summed E-state index contributed by atoms with van der Waals surface area (Å²) in [5.41, 5.74) is -0.187. The Balaban J connectivity index is 2.14. The van der Waals surface area contributed by atoms with Crippen molar-refractivity contribution in [3.8, 4) is 0 Å². The molecule has 0 N–H and O–H groups in total. The van der Waals surface area contributed by atoms with E-state index < -0.39 is 34.2 Å². The van der Waals surface area contributed by atoms with E-state index in [0.717, 1.165) is 6.07 Å². The minimum atomic E-state index is -3.73. The minimum Gasteiger partial charge on any atom is -0.454 e.